The first-order chi connectivity index (χ1) is 6.93. The second-order valence-electron chi connectivity index (χ2n) is 3.99. The van der Waals surface area contributed by atoms with E-state index in [1.165, 1.54) is 11.6 Å². The van der Waals surface area contributed by atoms with Crippen LogP contribution >= 0.6 is 0 Å². The molecule has 0 spiro atoms. The van der Waals surface area contributed by atoms with Crippen molar-refractivity contribution in [2.75, 3.05) is 0 Å². The molecule has 0 saturated heterocycles. The topological polar surface area (TPSA) is 0 Å². The first-order valence-corrected chi connectivity index (χ1v) is 5.03. The van der Waals surface area contributed by atoms with Crippen LogP contribution in [0.1, 0.15) is 31.9 Å². The lowest BCUT2D eigenvalue weighted by molar-refractivity contribution is 0.618. The van der Waals surface area contributed by atoms with Crippen LogP contribution in [0.4, 0.5) is 4.39 Å². The highest BCUT2D eigenvalue weighted by atomic mass is 19.1. The van der Waals surface area contributed by atoms with Gasteiger partial charge < -0.3 is 0 Å². The minimum Gasteiger partial charge on any atom is -0.207 e. The van der Waals surface area contributed by atoms with E-state index in [1.807, 2.05) is 32.9 Å². The number of hydrogen-bond donors (Lipinski definition) is 0. The molecule has 0 nitrogen and oxygen atoms in total. The molecule has 0 radical (unpaired) electrons. The Morgan fingerprint density at radius 1 is 1.20 bits per heavy atom. The lowest BCUT2D eigenvalue weighted by Crippen LogP contribution is -1.89. The molecule has 0 heterocycles. The Labute approximate surface area is 91.1 Å². The summed E-state index contributed by atoms with van der Waals surface area (Å²) in [7, 11) is 0. The normalized spacial score (nSPS) is 12.3. The second-order valence-corrected chi connectivity index (χ2v) is 3.99. The molecule has 1 aromatic carbocycles. The van der Waals surface area contributed by atoms with E-state index in [-0.39, 0.29) is 5.82 Å². The molecule has 0 amide bonds. The monoisotopic (exact) mass is 204 g/mol. The summed E-state index contributed by atoms with van der Waals surface area (Å²) >= 11 is 0. The Bertz CT molecular complexity index is 425. The molecule has 0 atom stereocenters. The van der Waals surface area contributed by atoms with Crippen LogP contribution in [0, 0.1) is 12.7 Å². The van der Waals surface area contributed by atoms with Crippen LogP contribution in [0.15, 0.2) is 35.9 Å². The third-order valence-corrected chi connectivity index (χ3v) is 2.79. The van der Waals surface area contributed by atoms with Gasteiger partial charge in [-0.15, -0.1) is 0 Å². The van der Waals surface area contributed by atoms with Gasteiger partial charge in [0, 0.05) is 0 Å². The van der Waals surface area contributed by atoms with Gasteiger partial charge in [0.2, 0.25) is 0 Å². The molecule has 80 valence electrons. The summed E-state index contributed by atoms with van der Waals surface area (Å²) in [6.07, 6.45) is 0. The molecule has 0 aliphatic heterocycles. The molecular weight excluding hydrogens is 187 g/mol. The summed E-state index contributed by atoms with van der Waals surface area (Å²) in [5.41, 5.74) is 5.12. The predicted molar refractivity (Wildman–Crippen MR) is 64.2 cm³/mol. The Kier molecular flexibility index (Phi) is 3.46. The quantitative estimate of drug-likeness (QED) is 0.622. The van der Waals surface area contributed by atoms with Crippen molar-refractivity contribution in [3.63, 3.8) is 0 Å². The highest BCUT2D eigenvalue weighted by Gasteiger charge is 2.03. The van der Waals surface area contributed by atoms with Crippen molar-refractivity contribution in [2.45, 2.75) is 27.7 Å². The standard InChI is InChI=1S/C14H17F/c1-9(2)11(4)12(5)13-6-7-14(15)10(3)8-13/h6-8H,1H2,2-5H3/b12-11-. The summed E-state index contributed by atoms with van der Waals surface area (Å²) < 4.78 is 13.1. The Balaban J connectivity index is 3.23. The van der Waals surface area contributed by atoms with Crippen LogP contribution < -0.4 is 0 Å². The summed E-state index contributed by atoms with van der Waals surface area (Å²) in [6, 6.07) is 5.20. The van der Waals surface area contributed by atoms with Crippen molar-refractivity contribution in [1.29, 1.82) is 0 Å². The highest BCUT2D eigenvalue weighted by molar-refractivity contribution is 5.70. The van der Waals surface area contributed by atoms with Crippen molar-refractivity contribution in [2.24, 2.45) is 0 Å². The van der Waals surface area contributed by atoms with E-state index in [2.05, 4.69) is 6.58 Å². The van der Waals surface area contributed by atoms with E-state index >= 15 is 0 Å². The molecule has 1 heteroatoms. The van der Waals surface area contributed by atoms with Crippen LogP contribution in [0.2, 0.25) is 0 Å². The number of aryl methyl sites for hydroxylation is 1. The fraction of sp³-hybridized carbons (Fsp3) is 0.286. The molecule has 15 heavy (non-hydrogen) atoms. The minimum absolute atomic E-state index is 0.153. The van der Waals surface area contributed by atoms with Crippen molar-refractivity contribution in [3.8, 4) is 0 Å². The van der Waals surface area contributed by atoms with Crippen molar-refractivity contribution < 1.29 is 4.39 Å². The molecule has 0 aliphatic rings. The molecule has 0 N–H and O–H groups in total. The lowest BCUT2D eigenvalue weighted by atomic mass is 9.97. The largest absolute Gasteiger partial charge is 0.207 e. The smallest absolute Gasteiger partial charge is 0.126 e. The number of hydrogen-bond acceptors (Lipinski definition) is 0. The summed E-state index contributed by atoms with van der Waals surface area (Å²) in [5.74, 6) is -0.153. The second kappa shape index (κ2) is 4.43. The molecule has 0 unspecified atom stereocenters. The van der Waals surface area contributed by atoms with Crippen molar-refractivity contribution in [3.05, 3.63) is 52.9 Å². The Morgan fingerprint density at radius 3 is 2.27 bits per heavy atom. The fourth-order valence-corrected chi connectivity index (χ4v) is 1.41. The molecule has 1 aromatic rings. The van der Waals surface area contributed by atoms with Crippen LogP contribution in [-0.2, 0) is 0 Å². The molecule has 0 aliphatic carbocycles. The van der Waals surface area contributed by atoms with Crippen molar-refractivity contribution >= 4 is 5.57 Å². The lowest BCUT2D eigenvalue weighted by Gasteiger charge is -2.09. The van der Waals surface area contributed by atoms with Crippen LogP contribution in [0.25, 0.3) is 5.57 Å². The van der Waals surface area contributed by atoms with Crippen LogP contribution in [0.5, 0.6) is 0 Å². The van der Waals surface area contributed by atoms with E-state index in [1.54, 1.807) is 6.92 Å². The van der Waals surface area contributed by atoms with Gasteiger partial charge in [-0.1, -0.05) is 18.2 Å². The van der Waals surface area contributed by atoms with Crippen LogP contribution in [0.3, 0.4) is 0 Å². The highest BCUT2D eigenvalue weighted by Crippen LogP contribution is 2.23. The predicted octanol–water partition coefficient (Wildman–Crippen LogP) is 4.50. The number of benzene rings is 1. The average Bonchev–Trinajstić information content (AvgIpc) is 2.19. The summed E-state index contributed by atoms with van der Waals surface area (Å²) in [6.45, 7) is 11.7. The van der Waals surface area contributed by atoms with Gasteiger partial charge in [-0.3, -0.25) is 0 Å². The van der Waals surface area contributed by atoms with E-state index in [0.717, 1.165) is 16.7 Å². The van der Waals surface area contributed by atoms with E-state index in [4.69, 9.17) is 0 Å². The van der Waals surface area contributed by atoms with Gasteiger partial charge in [0.05, 0.1) is 0 Å². The zero-order chi connectivity index (χ0) is 11.6. The maximum atomic E-state index is 13.1. The fourth-order valence-electron chi connectivity index (χ4n) is 1.41. The van der Waals surface area contributed by atoms with Gasteiger partial charge >= 0.3 is 0 Å². The number of allylic oxidation sites excluding steroid dienone is 3. The van der Waals surface area contributed by atoms with Gasteiger partial charge in [-0.05, 0) is 62.1 Å². The maximum absolute atomic E-state index is 13.1. The van der Waals surface area contributed by atoms with Gasteiger partial charge in [0.1, 0.15) is 5.82 Å². The molecular formula is C14H17F. The third kappa shape index (κ3) is 2.56. The van der Waals surface area contributed by atoms with E-state index in [0.29, 0.717) is 5.56 Å². The summed E-state index contributed by atoms with van der Waals surface area (Å²) in [4.78, 5) is 0. The summed E-state index contributed by atoms with van der Waals surface area (Å²) in [5, 5.41) is 0. The van der Waals surface area contributed by atoms with E-state index in [9.17, 15) is 4.39 Å². The Hall–Kier alpha value is -1.37. The number of halogens is 1. The average molecular weight is 204 g/mol. The van der Waals surface area contributed by atoms with Gasteiger partial charge in [0.25, 0.3) is 0 Å². The number of rotatable bonds is 2. The zero-order valence-electron chi connectivity index (χ0n) is 9.82. The SMILES string of the molecule is C=C(C)/C(C)=C(/C)c1ccc(F)c(C)c1. The minimum atomic E-state index is -0.153. The van der Waals surface area contributed by atoms with Gasteiger partial charge in [0.15, 0.2) is 0 Å². The van der Waals surface area contributed by atoms with Gasteiger partial charge in [-0.25, -0.2) is 4.39 Å². The maximum Gasteiger partial charge on any atom is 0.126 e. The van der Waals surface area contributed by atoms with Gasteiger partial charge in [-0.2, -0.15) is 0 Å². The first-order valence-electron chi connectivity index (χ1n) is 5.03. The Morgan fingerprint density at radius 2 is 1.80 bits per heavy atom. The molecule has 0 saturated carbocycles. The van der Waals surface area contributed by atoms with Crippen molar-refractivity contribution in [1.82, 2.24) is 0 Å². The molecule has 1 rings (SSSR count). The van der Waals surface area contributed by atoms with Crippen LogP contribution in [-0.4, -0.2) is 0 Å². The molecule has 0 aromatic heterocycles. The molecule has 0 bridgehead atoms. The zero-order valence-corrected chi connectivity index (χ0v) is 9.82. The first kappa shape index (κ1) is 11.7. The molecule has 0 fully saturated rings. The third-order valence-electron chi connectivity index (χ3n) is 2.79. The van der Waals surface area contributed by atoms with E-state index < -0.39 is 0 Å².